The summed E-state index contributed by atoms with van der Waals surface area (Å²) >= 11 is 0. The molecular weight excluding hydrogens is 647 g/mol. The first kappa shape index (κ1) is 30.2. The summed E-state index contributed by atoms with van der Waals surface area (Å²) in [7, 11) is 0. The van der Waals surface area contributed by atoms with Crippen LogP contribution in [-0.2, 0) is 0 Å². The third-order valence-corrected chi connectivity index (χ3v) is 10.3. The van der Waals surface area contributed by atoms with E-state index < -0.39 is 0 Å². The summed E-state index contributed by atoms with van der Waals surface area (Å²) in [6.45, 7) is 0. The van der Waals surface area contributed by atoms with Crippen molar-refractivity contribution in [3.8, 4) is 23.5 Å². The minimum Gasteiger partial charge on any atom is -0.310 e. The van der Waals surface area contributed by atoms with Crippen LogP contribution in [0.15, 0.2) is 176 Å². The zero-order valence-corrected chi connectivity index (χ0v) is 28.5. The van der Waals surface area contributed by atoms with E-state index in [1.807, 2.05) is 42.5 Å². The van der Waals surface area contributed by atoms with E-state index in [9.17, 15) is 10.5 Å². The van der Waals surface area contributed by atoms with Gasteiger partial charge in [0.2, 0.25) is 0 Å². The molecule has 0 radical (unpaired) electrons. The van der Waals surface area contributed by atoms with Crippen molar-refractivity contribution in [1.82, 2.24) is 9.13 Å². The Morgan fingerprint density at radius 2 is 0.981 bits per heavy atom. The summed E-state index contributed by atoms with van der Waals surface area (Å²) in [4.78, 5) is 2.28. The first-order valence-corrected chi connectivity index (χ1v) is 17.6. The maximum atomic E-state index is 10.6. The van der Waals surface area contributed by atoms with Crippen LogP contribution < -0.4 is 4.90 Å². The molecule has 2 aromatic heterocycles. The average molecular weight is 676 g/mol. The minimum atomic E-state index is 0.327. The summed E-state index contributed by atoms with van der Waals surface area (Å²) in [5.74, 6) is 0. The molecule has 0 saturated carbocycles. The number of hydrogen-bond acceptors (Lipinski definition) is 3. The molecule has 0 atom stereocenters. The summed E-state index contributed by atoms with van der Waals surface area (Å²) in [6.07, 6.45) is 0. The van der Waals surface area contributed by atoms with Crippen molar-refractivity contribution in [3.63, 3.8) is 0 Å². The summed E-state index contributed by atoms with van der Waals surface area (Å²) in [5.41, 5.74) is 9.29. The topological polar surface area (TPSA) is 60.7 Å². The molecule has 5 nitrogen and oxygen atoms in total. The third-order valence-electron chi connectivity index (χ3n) is 10.3. The van der Waals surface area contributed by atoms with Crippen molar-refractivity contribution in [2.24, 2.45) is 0 Å². The summed E-state index contributed by atoms with van der Waals surface area (Å²) < 4.78 is 4.38. The van der Waals surface area contributed by atoms with Crippen molar-refractivity contribution in [3.05, 3.63) is 187 Å². The molecule has 0 bridgehead atoms. The maximum absolute atomic E-state index is 10.6. The Kier molecular flexibility index (Phi) is 6.86. The quantitative estimate of drug-likeness (QED) is 0.182. The number of rotatable bonds is 5. The van der Waals surface area contributed by atoms with Gasteiger partial charge in [-0.3, -0.25) is 0 Å². The van der Waals surface area contributed by atoms with Gasteiger partial charge >= 0.3 is 0 Å². The van der Waals surface area contributed by atoms with E-state index in [-0.39, 0.29) is 0 Å². The van der Waals surface area contributed by atoms with E-state index in [1.165, 1.54) is 0 Å². The van der Waals surface area contributed by atoms with Gasteiger partial charge < -0.3 is 14.0 Å². The lowest BCUT2D eigenvalue weighted by Gasteiger charge is -2.25. The smallest absolute Gasteiger partial charge is 0.103 e. The Balaban J connectivity index is 1.30. The van der Waals surface area contributed by atoms with E-state index in [1.54, 1.807) is 0 Å². The largest absolute Gasteiger partial charge is 0.310 e. The van der Waals surface area contributed by atoms with Crippen LogP contribution in [0.5, 0.6) is 0 Å². The predicted octanol–water partition coefficient (Wildman–Crippen LogP) is 12.2. The molecule has 0 aliphatic rings. The number of benzene rings is 8. The second kappa shape index (κ2) is 12.0. The zero-order valence-electron chi connectivity index (χ0n) is 28.5. The molecule has 5 heteroatoms. The number of nitrogens with zero attached hydrogens (tertiary/aromatic N) is 5. The van der Waals surface area contributed by atoms with Gasteiger partial charge in [-0.1, -0.05) is 103 Å². The average Bonchev–Trinajstić information content (AvgIpc) is 3.74. The van der Waals surface area contributed by atoms with Crippen molar-refractivity contribution in [1.29, 1.82) is 10.5 Å². The Morgan fingerprint density at radius 1 is 0.415 bits per heavy atom. The molecule has 0 aliphatic carbocycles. The third kappa shape index (κ3) is 4.62. The van der Waals surface area contributed by atoms with Gasteiger partial charge in [-0.25, -0.2) is 0 Å². The van der Waals surface area contributed by atoms with E-state index in [0.717, 1.165) is 77.1 Å². The van der Waals surface area contributed by atoms with Crippen LogP contribution in [0.2, 0.25) is 0 Å². The summed E-state index contributed by atoms with van der Waals surface area (Å²) in [5, 5.41) is 27.9. The molecule has 0 amide bonds. The molecule has 53 heavy (non-hydrogen) atoms. The van der Waals surface area contributed by atoms with Crippen molar-refractivity contribution in [2.45, 2.75) is 0 Å². The van der Waals surface area contributed by atoms with Gasteiger partial charge in [0.15, 0.2) is 0 Å². The number of anilines is 3. The second-order valence-corrected chi connectivity index (χ2v) is 13.2. The lowest BCUT2D eigenvalue weighted by Crippen LogP contribution is -2.09. The van der Waals surface area contributed by atoms with Crippen LogP contribution in [0, 0.1) is 22.7 Å². The van der Waals surface area contributed by atoms with Crippen LogP contribution in [0.4, 0.5) is 17.1 Å². The Morgan fingerprint density at radius 3 is 1.62 bits per heavy atom. The first-order valence-electron chi connectivity index (χ1n) is 17.6. The van der Waals surface area contributed by atoms with E-state index >= 15 is 0 Å². The SMILES string of the molecule is N#Cc1cc(-n2c3ccc(N(c4ccccc4)c4ccccc4)cc3c3c4ccccc4ccc32)cc(-n2c3ccccc3c3ccccc32)c1C#N. The van der Waals surface area contributed by atoms with Crippen LogP contribution in [0.1, 0.15) is 11.1 Å². The van der Waals surface area contributed by atoms with Gasteiger partial charge in [-0.05, 0) is 83.6 Å². The van der Waals surface area contributed by atoms with Gasteiger partial charge in [0, 0.05) is 44.3 Å². The maximum Gasteiger partial charge on any atom is 0.103 e. The fourth-order valence-electron chi connectivity index (χ4n) is 8.10. The molecule has 10 aromatic rings. The molecule has 246 valence electrons. The molecule has 10 rings (SSSR count). The highest BCUT2D eigenvalue weighted by molar-refractivity contribution is 6.22. The van der Waals surface area contributed by atoms with Crippen LogP contribution in [0.3, 0.4) is 0 Å². The summed E-state index contributed by atoms with van der Waals surface area (Å²) in [6, 6.07) is 65.5. The number of nitriles is 2. The van der Waals surface area contributed by atoms with Crippen molar-refractivity contribution >= 4 is 71.4 Å². The van der Waals surface area contributed by atoms with Gasteiger partial charge in [0.25, 0.3) is 0 Å². The molecule has 2 heterocycles. The normalized spacial score (nSPS) is 11.4. The fourth-order valence-corrected chi connectivity index (χ4v) is 8.10. The van der Waals surface area contributed by atoms with E-state index in [4.69, 9.17) is 0 Å². The van der Waals surface area contributed by atoms with Crippen molar-refractivity contribution in [2.75, 3.05) is 4.90 Å². The van der Waals surface area contributed by atoms with E-state index in [2.05, 4.69) is 160 Å². The molecule has 8 aromatic carbocycles. The second-order valence-electron chi connectivity index (χ2n) is 13.2. The first-order chi connectivity index (χ1) is 26.2. The van der Waals surface area contributed by atoms with Crippen molar-refractivity contribution < 1.29 is 0 Å². The Labute approximate surface area is 305 Å². The minimum absolute atomic E-state index is 0.327. The lowest BCUT2D eigenvalue weighted by molar-refractivity contribution is 1.12. The molecule has 0 saturated heterocycles. The van der Waals surface area contributed by atoms with Gasteiger partial charge in [-0.2, -0.15) is 10.5 Å². The number of aromatic nitrogens is 2. The molecule has 0 spiro atoms. The van der Waals surface area contributed by atoms with Gasteiger partial charge in [0.05, 0.1) is 38.9 Å². The lowest BCUT2D eigenvalue weighted by atomic mass is 10.0. The van der Waals surface area contributed by atoms with Crippen LogP contribution in [-0.4, -0.2) is 9.13 Å². The number of hydrogen-bond donors (Lipinski definition) is 0. The molecule has 0 N–H and O–H groups in total. The highest BCUT2D eigenvalue weighted by atomic mass is 15.1. The zero-order chi connectivity index (χ0) is 35.5. The standard InChI is InChI=1S/C48H29N5/c49-30-33-27-37(29-47(42(33)31-50)53-43-21-11-9-19-39(43)40-20-10-12-22-44(40)53)52-45-26-24-36(51(34-14-3-1-4-15-34)35-16-5-2-6-17-35)28-41(45)48-38-18-8-7-13-32(38)23-25-46(48)52/h1-29H. The molecule has 0 unspecified atom stereocenters. The molecule has 0 fully saturated rings. The highest BCUT2D eigenvalue weighted by Crippen LogP contribution is 2.43. The van der Waals surface area contributed by atoms with Gasteiger partial charge in [-0.15, -0.1) is 0 Å². The Hall–Kier alpha value is -7.60. The van der Waals surface area contributed by atoms with Gasteiger partial charge in [0.1, 0.15) is 12.1 Å². The van der Waals surface area contributed by atoms with Crippen LogP contribution >= 0.6 is 0 Å². The monoisotopic (exact) mass is 675 g/mol. The fraction of sp³-hybridized carbons (Fsp3) is 0. The Bertz CT molecular complexity index is 3050. The molecule has 0 aliphatic heterocycles. The number of fused-ring (bicyclic) bond motifs is 8. The highest BCUT2D eigenvalue weighted by Gasteiger charge is 2.22. The van der Waals surface area contributed by atoms with E-state index in [0.29, 0.717) is 16.8 Å². The van der Waals surface area contributed by atoms with Crippen LogP contribution in [0.25, 0.3) is 65.8 Å². The predicted molar refractivity (Wildman–Crippen MR) is 217 cm³/mol. The number of para-hydroxylation sites is 4. The molecular formula is C48H29N5.